The maximum Gasteiger partial charge on any atom is 0.309 e. The Morgan fingerprint density at radius 1 is 1.05 bits per heavy atom. The topological polar surface area (TPSA) is 77.0 Å². The van der Waals surface area contributed by atoms with E-state index in [2.05, 4.69) is 15.0 Å². The molecule has 0 saturated heterocycles. The number of ether oxygens (including phenoxy) is 1. The Bertz CT molecular complexity index is 653. The van der Waals surface area contributed by atoms with E-state index in [0.29, 0.717) is 12.2 Å². The summed E-state index contributed by atoms with van der Waals surface area (Å²) in [5.74, 6) is -0.278. The molecule has 0 amide bonds. The van der Waals surface area contributed by atoms with Gasteiger partial charge in [-0.3, -0.25) is 4.79 Å². The van der Waals surface area contributed by atoms with Gasteiger partial charge in [-0.15, -0.1) is 0 Å². The van der Waals surface area contributed by atoms with E-state index >= 15 is 0 Å². The first kappa shape index (κ1) is 14.9. The summed E-state index contributed by atoms with van der Waals surface area (Å²) in [6, 6.07) is 14.9. The highest BCUT2D eigenvalue weighted by Gasteiger charge is 2.03. The molecule has 2 rings (SSSR count). The molecule has 0 fully saturated rings. The van der Waals surface area contributed by atoms with Gasteiger partial charge in [-0.1, -0.05) is 24.3 Å². The van der Waals surface area contributed by atoms with Crippen molar-refractivity contribution in [3.8, 4) is 0 Å². The molecule has 0 aromatic heterocycles. The quantitative estimate of drug-likeness (QED) is 0.675. The largest absolute Gasteiger partial charge is 0.469 e. The predicted molar refractivity (Wildman–Crippen MR) is 80.7 cm³/mol. The van der Waals surface area contributed by atoms with Crippen LogP contribution in [0.5, 0.6) is 0 Å². The number of hydrogen-bond donors (Lipinski definition) is 1. The number of methoxy groups -OCH3 is 1. The monoisotopic (exact) mass is 283 g/mol. The molecule has 2 aromatic carbocycles. The van der Waals surface area contributed by atoms with Crippen LogP contribution in [0.4, 0.5) is 11.4 Å². The van der Waals surface area contributed by atoms with Gasteiger partial charge in [0.1, 0.15) is 0 Å². The predicted octanol–water partition coefficient (Wildman–Crippen LogP) is 3.28. The number of nitrogens with two attached hydrogens (primary N) is 1. The van der Waals surface area contributed by atoms with E-state index in [1.54, 1.807) is 0 Å². The minimum Gasteiger partial charge on any atom is -0.469 e. The van der Waals surface area contributed by atoms with E-state index < -0.39 is 0 Å². The Hall–Kier alpha value is -2.53. The zero-order chi connectivity index (χ0) is 15.1. The molecule has 108 valence electrons. The highest BCUT2D eigenvalue weighted by molar-refractivity contribution is 5.72. The van der Waals surface area contributed by atoms with Crippen LogP contribution in [0.25, 0.3) is 0 Å². The van der Waals surface area contributed by atoms with Crippen molar-refractivity contribution < 1.29 is 9.53 Å². The van der Waals surface area contributed by atoms with Crippen LogP contribution in [0.15, 0.2) is 58.8 Å². The molecule has 0 radical (unpaired) electrons. The lowest BCUT2D eigenvalue weighted by atomic mass is 10.1. The lowest BCUT2D eigenvalue weighted by molar-refractivity contribution is -0.139. The van der Waals surface area contributed by atoms with Crippen molar-refractivity contribution in [2.24, 2.45) is 16.0 Å². The third-order valence-electron chi connectivity index (χ3n) is 2.91. The number of rotatable bonds is 5. The molecular weight excluding hydrogens is 266 g/mol. The molecule has 0 saturated carbocycles. The van der Waals surface area contributed by atoms with Crippen molar-refractivity contribution in [1.82, 2.24) is 0 Å². The van der Waals surface area contributed by atoms with Crippen molar-refractivity contribution in [3.63, 3.8) is 0 Å². The second-order valence-corrected chi connectivity index (χ2v) is 4.50. The molecule has 0 bridgehead atoms. The summed E-state index contributed by atoms with van der Waals surface area (Å²) >= 11 is 0. The minimum absolute atomic E-state index is 0.225. The Morgan fingerprint density at radius 3 is 2.19 bits per heavy atom. The molecule has 0 aliphatic carbocycles. The van der Waals surface area contributed by atoms with Crippen LogP contribution in [0, 0.1) is 0 Å². The van der Waals surface area contributed by atoms with E-state index in [0.717, 1.165) is 16.8 Å². The van der Waals surface area contributed by atoms with Crippen LogP contribution in [-0.4, -0.2) is 13.1 Å². The molecule has 0 atom stereocenters. The Balaban J connectivity index is 2.13. The average molecular weight is 283 g/mol. The lowest BCUT2D eigenvalue weighted by Crippen LogP contribution is -2.03. The Kier molecular flexibility index (Phi) is 5.17. The van der Waals surface area contributed by atoms with Crippen molar-refractivity contribution in [1.29, 1.82) is 0 Å². The fourth-order valence-electron chi connectivity index (χ4n) is 1.83. The van der Waals surface area contributed by atoms with Crippen LogP contribution in [-0.2, 0) is 22.5 Å². The normalized spacial score (nSPS) is 10.8. The molecule has 5 nitrogen and oxygen atoms in total. The van der Waals surface area contributed by atoms with Crippen LogP contribution in [0.3, 0.4) is 0 Å². The third-order valence-corrected chi connectivity index (χ3v) is 2.91. The molecule has 2 N–H and O–H groups in total. The highest BCUT2D eigenvalue weighted by Crippen LogP contribution is 2.20. The first-order valence-electron chi connectivity index (χ1n) is 6.58. The number of esters is 1. The van der Waals surface area contributed by atoms with E-state index in [-0.39, 0.29) is 12.4 Å². The van der Waals surface area contributed by atoms with E-state index in [1.807, 2.05) is 48.5 Å². The molecule has 0 spiro atoms. The molecule has 0 unspecified atom stereocenters. The summed E-state index contributed by atoms with van der Waals surface area (Å²) in [6.07, 6.45) is 0.225. The van der Waals surface area contributed by atoms with Gasteiger partial charge in [0.25, 0.3) is 0 Å². The molecule has 5 heteroatoms. The molecule has 0 heterocycles. The van der Waals surface area contributed by atoms with Crippen molar-refractivity contribution in [2.75, 3.05) is 7.11 Å². The van der Waals surface area contributed by atoms with Crippen LogP contribution < -0.4 is 5.73 Å². The van der Waals surface area contributed by atoms with Crippen LogP contribution in [0.2, 0.25) is 0 Å². The molecule has 0 aliphatic rings. The summed E-state index contributed by atoms with van der Waals surface area (Å²) in [4.78, 5) is 11.3. The Labute approximate surface area is 123 Å². The smallest absolute Gasteiger partial charge is 0.309 e. The summed E-state index contributed by atoms with van der Waals surface area (Å²) in [7, 11) is 1.37. The number of hydrogen-bond acceptors (Lipinski definition) is 5. The number of carbonyl (C=O) groups excluding carboxylic acids is 1. The summed E-state index contributed by atoms with van der Waals surface area (Å²) in [5, 5.41) is 8.36. The first-order valence-corrected chi connectivity index (χ1v) is 6.58. The maximum atomic E-state index is 11.3. The van der Waals surface area contributed by atoms with Gasteiger partial charge in [-0.05, 0) is 35.4 Å². The number of nitrogens with zero attached hydrogens (tertiary/aromatic N) is 2. The molecule has 2 aromatic rings. The lowest BCUT2D eigenvalue weighted by Gasteiger charge is -2.01. The molecule has 0 aliphatic heterocycles. The second-order valence-electron chi connectivity index (χ2n) is 4.50. The highest BCUT2D eigenvalue weighted by atomic mass is 16.5. The number of carbonyl (C=O) groups is 1. The molecule has 21 heavy (non-hydrogen) atoms. The van der Waals surface area contributed by atoms with Gasteiger partial charge < -0.3 is 10.5 Å². The summed E-state index contributed by atoms with van der Waals surface area (Å²) in [5.41, 5.74) is 8.87. The zero-order valence-electron chi connectivity index (χ0n) is 11.8. The minimum atomic E-state index is -0.278. The van der Waals surface area contributed by atoms with Gasteiger partial charge in [-0.2, -0.15) is 10.2 Å². The fraction of sp³-hybridized carbons (Fsp3) is 0.188. The van der Waals surface area contributed by atoms with Gasteiger partial charge in [0, 0.05) is 6.54 Å². The fourth-order valence-corrected chi connectivity index (χ4v) is 1.83. The van der Waals surface area contributed by atoms with Gasteiger partial charge in [0.2, 0.25) is 0 Å². The summed E-state index contributed by atoms with van der Waals surface area (Å²) in [6.45, 7) is 0.470. The first-order chi connectivity index (χ1) is 10.2. The second kappa shape index (κ2) is 7.31. The number of azo groups is 1. The van der Waals surface area contributed by atoms with E-state index in [1.165, 1.54) is 7.11 Å². The standard InChI is InChI=1S/C16H17N3O2/c1-21-16(20)10-12-4-2-6-14(8-12)18-19-15-7-3-5-13(9-15)11-17/h2-9H,10-11,17H2,1H3. The maximum absolute atomic E-state index is 11.3. The van der Waals surface area contributed by atoms with Gasteiger partial charge in [0.15, 0.2) is 0 Å². The molecular formula is C16H17N3O2. The van der Waals surface area contributed by atoms with Crippen LogP contribution >= 0.6 is 0 Å². The van der Waals surface area contributed by atoms with Gasteiger partial charge >= 0.3 is 5.97 Å². The zero-order valence-corrected chi connectivity index (χ0v) is 11.8. The third kappa shape index (κ3) is 4.50. The van der Waals surface area contributed by atoms with E-state index in [4.69, 9.17) is 5.73 Å². The van der Waals surface area contributed by atoms with Crippen LogP contribution in [0.1, 0.15) is 11.1 Å². The summed E-state index contributed by atoms with van der Waals surface area (Å²) < 4.78 is 4.64. The Morgan fingerprint density at radius 2 is 1.62 bits per heavy atom. The van der Waals surface area contributed by atoms with E-state index in [9.17, 15) is 4.79 Å². The van der Waals surface area contributed by atoms with Crippen molar-refractivity contribution in [2.45, 2.75) is 13.0 Å². The van der Waals surface area contributed by atoms with Gasteiger partial charge in [-0.25, -0.2) is 0 Å². The number of benzene rings is 2. The van der Waals surface area contributed by atoms with Crippen molar-refractivity contribution in [3.05, 3.63) is 59.7 Å². The SMILES string of the molecule is COC(=O)Cc1cccc(N=Nc2cccc(CN)c2)c1. The van der Waals surface area contributed by atoms with Gasteiger partial charge in [0.05, 0.1) is 24.9 Å². The average Bonchev–Trinajstić information content (AvgIpc) is 2.53. The van der Waals surface area contributed by atoms with Crippen molar-refractivity contribution >= 4 is 17.3 Å².